The normalized spacial score (nSPS) is 11.4. The molecule has 0 atom stereocenters. The molecule has 0 aliphatic carbocycles. The minimum Gasteiger partial charge on any atom is -0.454 e. The molecule has 1 heterocycles. The van der Waals surface area contributed by atoms with Crippen LogP contribution in [0.25, 0.3) is 33.1 Å². The molecule has 0 unspecified atom stereocenters. The molecule has 0 spiro atoms. The van der Waals surface area contributed by atoms with E-state index in [1.165, 1.54) is 16.7 Å². The molecule has 6 aromatic rings. The summed E-state index contributed by atoms with van der Waals surface area (Å²) >= 11 is 0. The van der Waals surface area contributed by atoms with E-state index in [1.807, 2.05) is 6.07 Å². The molecule has 5 aromatic carbocycles. The van der Waals surface area contributed by atoms with Crippen LogP contribution in [0.15, 0.2) is 126 Å². The topological polar surface area (TPSA) is 16.4 Å². The highest BCUT2D eigenvalue weighted by molar-refractivity contribution is 6.10. The van der Waals surface area contributed by atoms with Gasteiger partial charge in [0.25, 0.3) is 0 Å². The van der Waals surface area contributed by atoms with E-state index in [9.17, 15) is 0 Å². The maximum Gasteiger partial charge on any atom is 0.159 e. The molecule has 1 aromatic heterocycles. The van der Waals surface area contributed by atoms with Gasteiger partial charge in [-0.2, -0.15) is 0 Å². The van der Waals surface area contributed by atoms with Crippen LogP contribution in [0.5, 0.6) is 0 Å². The van der Waals surface area contributed by atoms with Gasteiger partial charge in [0.15, 0.2) is 5.58 Å². The quantitative estimate of drug-likeness (QED) is 0.258. The van der Waals surface area contributed by atoms with E-state index in [0.717, 1.165) is 39.0 Å². The highest BCUT2D eigenvalue weighted by atomic mass is 16.3. The molecule has 0 radical (unpaired) electrons. The second-order valence-electron chi connectivity index (χ2n) is 9.25. The number of hydrogen-bond acceptors (Lipinski definition) is 2. The molecule has 0 bridgehead atoms. The SMILES string of the molecule is CC(C)c1ccc2c(c1)oc1c(N(c3ccccc3)c3ccc(-c4ccccc4)cc3)cccc12. The van der Waals surface area contributed by atoms with Crippen LogP contribution in [0.4, 0.5) is 17.1 Å². The minimum atomic E-state index is 0.455. The van der Waals surface area contributed by atoms with Gasteiger partial charge >= 0.3 is 0 Å². The molecule has 6 rings (SSSR count). The third-order valence-electron chi connectivity index (χ3n) is 6.66. The lowest BCUT2D eigenvalue weighted by molar-refractivity contribution is 0.667. The molecule has 35 heavy (non-hydrogen) atoms. The summed E-state index contributed by atoms with van der Waals surface area (Å²) in [6.07, 6.45) is 0. The van der Waals surface area contributed by atoms with E-state index >= 15 is 0 Å². The van der Waals surface area contributed by atoms with E-state index in [-0.39, 0.29) is 0 Å². The predicted molar refractivity (Wildman–Crippen MR) is 148 cm³/mol. The van der Waals surface area contributed by atoms with Crippen molar-refractivity contribution >= 4 is 39.0 Å². The van der Waals surface area contributed by atoms with Crippen molar-refractivity contribution in [3.8, 4) is 11.1 Å². The first-order valence-corrected chi connectivity index (χ1v) is 12.1. The molecular formula is C33H27NO. The monoisotopic (exact) mass is 453 g/mol. The smallest absolute Gasteiger partial charge is 0.159 e. The minimum absolute atomic E-state index is 0.455. The lowest BCUT2D eigenvalue weighted by Gasteiger charge is -2.25. The number of benzene rings is 5. The summed E-state index contributed by atoms with van der Waals surface area (Å²) in [6.45, 7) is 4.43. The standard InChI is InChI=1S/C33H27NO/c1-23(2)26-18-21-29-30-14-9-15-31(33(30)35-32(29)22-26)34(27-12-7-4-8-13-27)28-19-16-25(17-20-28)24-10-5-3-6-11-24/h3-23H,1-2H3. The van der Waals surface area contributed by atoms with Crippen molar-refractivity contribution < 1.29 is 4.42 Å². The third-order valence-corrected chi connectivity index (χ3v) is 6.66. The van der Waals surface area contributed by atoms with Gasteiger partial charge in [-0.3, -0.25) is 0 Å². The Hall–Kier alpha value is -4.30. The molecule has 0 aliphatic rings. The fraction of sp³-hybridized carbons (Fsp3) is 0.0909. The van der Waals surface area contributed by atoms with Gasteiger partial charge < -0.3 is 9.32 Å². The Morgan fingerprint density at radius 1 is 0.571 bits per heavy atom. The molecular weight excluding hydrogens is 426 g/mol. The molecule has 0 saturated carbocycles. The average molecular weight is 454 g/mol. The Bertz CT molecular complexity index is 1600. The van der Waals surface area contributed by atoms with Crippen LogP contribution in [0.2, 0.25) is 0 Å². The number of anilines is 3. The molecule has 0 N–H and O–H groups in total. The second kappa shape index (κ2) is 8.81. The maximum absolute atomic E-state index is 6.55. The van der Waals surface area contributed by atoms with Gasteiger partial charge in [0.1, 0.15) is 5.58 Å². The molecule has 0 saturated heterocycles. The van der Waals surface area contributed by atoms with Crippen molar-refractivity contribution in [3.63, 3.8) is 0 Å². The zero-order valence-electron chi connectivity index (χ0n) is 20.0. The molecule has 0 aliphatic heterocycles. The molecule has 2 heteroatoms. The van der Waals surface area contributed by atoms with Gasteiger partial charge in [-0.05, 0) is 59.0 Å². The summed E-state index contributed by atoms with van der Waals surface area (Å²) in [4.78, 5) is 2.28. The van der Waals surface area contributed by atoms with Crippen molar-refractivity contribution in [1.82, 2.24) is 0 Å². The van der Waals surface area contributed by atoms with Crippen molar-refractivity contribution in [2.45, 2.75) is 19.8 Å². The van der Waals surface area contributed by atoms with Gasteiger partial charge in [-0.25, -0.2) is 0 Å². The average Bonchev–Trinajstić information content (AvgIpc) is 3.29. The number of nitrogens with zero attached hydrogens (tertiary/aromatic N) is 1. The first-order chi connectivity index (χ1) is 17.2. The van der Waals surface area contributed by atoms with E-state index in [0.29, 0.717) is 5.92 Å². The van der Waals surface area contributed by atoms with Crippen molar-refractivity contribution in [2.24, 2.45) is 0 Å². The molecule has 0 fully saturated rings. The summed E-state index contributed by atoms with van der Waals surface area (Å²) in [5.74, 6) is 0.455. The zero-order chi connectivity index (χ0) is 23.8. The second-order valence-corrected chi connectivity index (χ2v) is 9.25. The Morgan fingerprint density at radius 3 is 1.94 bits per heavy atom. The first kappa shape index (κ1) is 21.2. The van der Waals surface area contributed by atoms with Crippen molar-refractivity contribution in [1.29, 1.82) is 0 Å². The van der Waals surface area contributed by atoms with Crippen LogP contribution in [0, 0.1) is 0 Å². The van der Waals surface area contributed by atoms with E-state index in [2.05, 4.69) is 134 Å². The Labute approximate surface area is 206 Å². The van der Waals surface area contributed by atoms with Gasteiger partial charge in [0.2, 0.25) is 0 Å². The molecule has 0 amide bonds. The summed E-state index contributed by atoms with van der Waals surface area (Å²) in [5, 5.41) is 2.29. The fourth-order valence-electron chi connectivity index (χ4n) is 4.77. The predicted octanol–water partition coefficient (Wildman–Crippen LogP) is 9.85. The number of fused-ring (bicyclic) bond motifs is 3. The lowest BCUT2D eigenvalue weighted by Crippen LogP contribution is -2.10. The van der Waals surface area contributed by atoms with Gasteiger partial charge in [-0.1, -0.05) is 98.8 Å². The van der Waals surface area contributed by atoms with E-state index in [1.54, 1.807) is 0 Å². The highest BCUT2D eigenvalue weighted by Crippen LogP contribution is 2.42. The first-order valence-electron chi connectivity index (χ1n) is 12.1. The summed E-state index contributed by atoms with van der Waals surface area (Å²) < 4.78 is 6.55. The number of furan rings is 1. The summed E-state index contributed by atoms with van der Waals surface area (Å²) in [6, 6.07) is 42.7. The van der Waals surface area contributed by atoms with Crippen LogP contribution in [-0.2, 0) is 0 Å². The molecule has 170 valence electrons. The Kier molecular flexibility index (Phi) is 5.35. The Morgan fingerprint density at radius 2 is 1.23 bits per heavy atom. The van der Waals surface area contributed by atoms with Gasteiger partial charge in [0.05, 0.1) is 5.69 Å². The van der Waals surface area contributed by atoms with Crippen LogP contribution in [-0.4, -0.2) is 0 Å². The maximum atomic E-state index is 6.55. The zero-order valence-corrected chi connectivity index (χ0v) is 20.0. The third kappa shape index (κ3) is 3.87. The largest absolute Gasteiger partial charge is 0.454 e. The van der Waals surface area contributed by atoms with E-state index < -0.39 is 0 Å². The van der Waals surface area contributed by atoms with Crippen LogP contribution in [0.1, 0.15) is 25.3 Å². The Balaban J connectivity index is 1.53. The van der Waals surface area contributed by atoms with Crippen LogP contribution >= 0.6 is 0 Å². The number of rotatable bonds is 5. The van der Waals surface area contributed by atoms with Crippen molar-refractivity contribution in [3.05, 3.63) is 127 Å². The highest BCUT2D eigenvalue weighted by Gasteiger charge is 2.19. The number of para-hydroxylation sites is 2. The van der Waals surface area contributed by atoms with E-state index in [4.69, 9.17) is 4.42 Å². The van der Waals surface area contributed by atoms with Gasteiger partial charge in [-0.15, -0.1) is 0 Å². The number of hydrogen-bond donors (Lipinski definition) is 0. The lowest BCUT2D eigenvalue weighted by atomic mass is 10.0. The van der Waals surface area contributed by atoms with Crippen molar-refractivity contribution in [2.75, 3.05) is 4.90 Å². The van der Waals surface area contributed by atoms with Crippen LogP contribution in [0.3, 0.4) is 0 Å². The molecule has 2 nitrogen and oxygen atoms in total. The van der Waals surface area contributed by atoms with Crippen LogP contribution < -0.4 is 4.90 Å². The van der Waals surface area contributed by atoms with Gasteiger partial charge in [0, 0.05) is 22.1 Å². The fourth-order valence-corrected chi connectivity index (χ4v) is 4.77. The summed E-state index contributed by atoms with van der Waals surface area (Å²) in [5.41, 5.74) is 8.75. The summed E-state index contributed by atoms with van der Waals surface area (Å²) in [7, 11) is 0.